The van der Waals surface area contributed by atoms with Crippen LogP contribution in [0.15, 0.2) is 53.3 Å². The van der Waals surface area contributed by atoms with Crippen LogP contribution in [-0.2, 0) is 5.75 Å². The zero-order chi connectivity index (χ0) is 17.6. The van der Waals surface area contributed by atoms with Crippen LogP contribution in [0.5, 0.6) is 0 Å². The second-order valence-corrected chi connectivity index (χ2v) is 7.59. The molecule has 0 amide bonds. The van der Waals surface area contributed by atoms with E-state index in [1.165, 1.54) is 5.56 Å². The number of benzene rings is 2. The van der Waals surface area contributed by atoms with E-state index in [2.05, 4.69) is 10.3 Å². The standard InChI is InChI=1S/C19H18Cl2N2OS/c20-15-7-6-13(10-16(15)21)12-25-9-3-8-22-19-11-18(24)14-4-1-2-5-17(14)23-19/h1-2,4-7,10-11H,3,8-9,12H2,(H2,22,23,24). The summed E-state index contributed by atoms with van der Waals surface area (Å²) in [6.45, 7) is 0.808. The predicted molar refractivity (Wildman–Crippen MR) is 110 cm³/mol. The molecule has 6 heteroatoms. The molecule has 1 aromatic heterocycles. The van der Waals surface area contributed by atoms with Gasteiger partial charge in [0.15, 0.2) is 5.43 Å². The van der Waals surface area contributed by atoms with Crippen molar-refractivity contribution in [2.45, 2.75) is 12.2 Å². The summed E-state index contributed by atoms with van der Waals surface area (Å²) in [6, 6.07) is 14.9. The van der Waals surface area contributed by atoms with Gasteiger partial charge in [-0.25, -0.2) is 0 Å². The van der Waals surface area contributed by atoms with Gasteiger partial charge in [-0.3, -0.25) is 4.79 Å². The molecule has 0 unspecified atom stereocenters. The Morgan fingerprint density at radius 2 is 1.88 bits per heavy atom. The van der Waals surface area contributed by atoms with Gasteiger partial charge in [0.2, 0.25) is 0 Å². The number of thioether (sulfide) groups is 1. The number of nitrogens with one attached hydrogen (secondary N) is 2. The second-order valence-electron chi connectivity index (χ2n) is 5.67. The molecule has 2 aromatic carbocycles. The van der Waals surface area contributed by atoms with Crippen molar-refractivity contribution in [3.05, 3.63) is 74.4 Å². The van der Waals surface area contributed by atoms with E-state index < -0.39 is 0 Å². The summed E-state index contributed by atoms with van der Waals surface area (Å²) in [6.07, 6.45) is 1.00. The molecule has 0 fully saturated rings. The Bertz CT molecular complexity index is 927. The summed E-state index contributed by atoms with van der Waals surface area (Å²) in [7, 11) is 0. The lowest BCUT2D eigenvalue weighted by Crippen LogP contribution is -2.09. The largest absolute Gasteiger partial charge is 0.371 e. The van der Waals surface area contributed by atoms with Crippen LogP contribution in [-0.4, -0.2) is 17.3 Å². The van der Waals surface area contributed by atoms with Gasteiger partial charge in [0.05, 0.1) is 15.6 Å². The highest BCUT2D eigenvalue weighted by molar-refractivity contribution is 7.98. The van der Waals surface area contributed by atoms with E-state index in [9.17, 15) is 4.79 Å². The Hall–Kier alpha value is -1.62. The number of halogens is 2. The van der Waals surface area contributed by atoms with Crippen molar-refractivity contribution in [3.8, 4) is 0 Å². The molecule has 3 rings (SSSR count). The van der Waals surface area contributed by atoms with E-state index >= 15 is 0 Å². The number of aromatic nitrogens is 1. The maximum Gasteiger partial charge on any atom is 0.191 e. The number of anilines is 1. The molecule has 0 radical (unpaired) electrons. The highest BCUT2D eigenvalue weighted by atomic mass is 35.5. The molecule has 25 heavy (non-hydrogen) atoms. The SMILES string of the molecule is O=c1cc(NCCCSCc2ccc(Cl)c(Cl)c2)[nH]c2ccccc12. The van der Waals surface area contributed by atoms with Crippen LogP contribution in [0.1, 0.15) is 12.0 Å². The van der Waals surface area contributed by atoms with Gasteiger partial charge in [-0.05, 0) is 42.0 Å². The summed E-state index contributed by atoms with van der Waals surface area (Å²) < 4.78 is 0. The highest BCUT2D eigenvalue weighted by Gasteiger charge is 2.02. The quantitative estimate of drug-likeness (QED) is 0.516. The van der Waals surface area contributed by atoms with Crippen LogP contribution in [0.25, 0.3) is 10.9 Å². The van der Waals surface area contributed by atoms with Crippen LogP contribution < -0.4 is 10.7 Å². The average Bonchev–Trinajstić information content (AvgIpc) is 2.61. The van der Waals surface area contributed by atoms with Gasteiger partial charge >= 0.3 is 0 Å². The molecular formula is C19H18Cl2N2OS. The Morgan fingerprint density at radius 1 is 1.04 bits per heavy atom. The summed E-state index contributed by atoms with van der Waals surface area (Å²) in [5.41, 5.74) is 2.06. The third-order valence-electron chi connectivity index (χ3n) is 3.77. The van der Waals surface area contributed by atoms with E-state index in [-0.39, 0.29) is 5.43 Å². The molecule has 3 aromatic rings. The number of para-hydroxylation sites is 1. The first-order valence-electron chi connectivity index (χ1n) is 8.01. The molecule has 130 valence electrons. The molecule has 0 spiro atoms. The lowest BCUT2D eigenvalue weighted by atomic mass is 10.2. The number of hydrogen-bond acceptors (Lipinski definition) is 3. The number of fused-ring (bicyclic) bond motifs is 1. The van der Waals surface area contributed by atoms with E-state index in [1.807, 2.05) is 54.2 Å². The monoisotopic (exact) mass is 392 g/mol. The lowest BCUT2D eigenvalue weighted by molar-refractivity contribution is 0.982. The van der Waals surface area contributed by atoms with E-state index in [4.69, 9.17) is 23.2 Å². The van der Waals surface area contributed by atoms with Crippen molar-refractivity contribution < 1.29 is 0 Å². The van der Waals surface area contributed by atoms with Crippen LogP contribution >= 0.6 is 35.0 Å². The van der Waals surface area contributed by atoms with E-state index in [0.717, 1.165) is 35.8 Å². The maximum atomic E-state index is 12.1. The van der Waals surface area contributed by atoms with E-state index in [1.54, 1.807) is 6.07 Å². The first-order valence-corrected chi connectivity index (χ1v) is 9.92. The van der Waals surface area contributed by atoms with Gasteiger partial charge in [0.25, 0.3) is 0 Å². The van der Waals surface area contributed by atoms with Crippen LogP contribution in [0.3, 0.4) is 0 Å². The van der Waals surface area contributed by atoms with Crippen molar-refractivity contribution >= 4 is 51.7 Å². The van der Waals surface area contributed by atoms with Gasteiger partial charge < -0.3 is 10.3 Å². The fourth-order valence-corrected chi connectivity index (χ4v) is 3.74. The summed E-state index contributed by atoms with van der Waals surface area (Å²) in [5.74, 6) is 2.69. The van der Waals surface area contributed by atoms with Gasteiger partial charge in [0, 0.05) is 23.8 Å². The van der Waals surface area contributed by atoms with Gasteiger partial charge in [-0.2, -0.15) is 11.8 Å². The number of hydrogen-bond donors (Lipinski definition) is 2. The molecule has 1 heterocycles. The zero-order valence-electron chi connectivity index (χ0n) is 13.5. The normalized spacial score (nSPS) is 11.0. The van der Waals surface area contributed by atoms with Gasteiger partial charge in [-0.1, -0.05) is 41.4 Å². The Balaban J connectivity index is 1.44. The van der Waals surface area contributed by atoms with Gasteiger partial charge in [-0.15, -0.1) is 0 Å². The molecule has 0 saturated heterocycles. The molecule has 0 aliphatic rings. The van der Waals surface area contributed by atoms with Crippen molar-refractivity contribution in [1.82, 2.24) is 4.98 Å². The fourth-order valence-electron chi connectivity index (χ4n) is 2.51. The zero-order valence-corrected chi connectivity index (χ0v) is 15.8. The summed E-state index contributed by atoms with van der Waals surface area (Å²) >= 11 is 13.8. The lowest BCUT2D eigenvalue weighted by Gasteiger charge is -2.08. The van der Waals surface area contributed by atoms with Crippen LogP contribution in [0, 0.1) is 0 Å². The van der Waals surface area contributed by atoms with Crippen molar-refractivity contribution in [2.75, 3.05) is 17.6 Å². The second kappa shape index (κ2) is 8.65. The number of pyridine rings is 1. The van der Waals surface area contributed by atoms with Crippen LogP contribution in [0.2, 0.25) is 10.0 Å². The molecule has 0 saturated carbocycles. The summed E-state index contributed by atoms with van der Waals surface area (Å²) in [4.78, 5) is 15.3. The highest BCUT2D eigenvalue weighted by Crippen LogP contribution is 2.24. The molecule has 3 nitrogen and oxygen atoms in total. The smallest absolute Gasteiger partial charge is 0.191 e. The number of aromatic amines is 1. The fraction of sp³-hybridized carbons (Fsp3) is 0.211. The summed E-state index contributed by atoms with van der Waals surface area (Å²) in [5, 5.41) is 5.18. The van der Waals surface area contributed by atoms with Crippen molar-refractivity contribution in [3.63, 3.8) is 0 Å². The Morgan fingerprint density at radius 3 is 2.72 bits per heavy atom. The molecule has 0 aliphatic heterocycles. The predicted octanol–water partition coefficient (Wildman–Crippen LogP) is 5.57. The minimum atomic E-state index is 0.0332. The molecular weight excluding hydrogens is 375 g/mol. The number of rotatable bonds is 7. The minimum absolute atomic E-state index is 0.0332. The molecule has 0 aliphatic carbocycles. The van der Waals surface area contributed by atoms with Gasteiger partial charge in [0.1, 0.15) is 5.82 Å². The third kappa shape index (κ3) is 4.94. The minimum Gasteiger partial charge on any atom is -0.371 e. The van der Waals surface area contributed by atoms with E-state index in [0.29, 0.717) is 15.4 Å². The van der Waals surface area contributed by atoms with Crippen LogP contribution in [0.4, 0.5) is 5.82 Å². The molecule has 0 bridgehead atoms. The first-order chi connectivity index (χ1) is 12.1. The van der Waals surface area contributed by atoms with Crippen molar-refractivity contribution in [1.29, 1.82) is 0 Å². The Kier molecular flexibility index (Phi) is 6.29. The topological polar surface area (TPSA) is 44.9 Å². The number of H-pyrrole nitrogens is 1. The molecule has 2 N–H and O–H groups in total. The van der Waals surface area contributed by atoms with Crippen molar-refractivity contribution in [2.24, 2.45) is 0 Å². The third-order valence-corrected chi connectivity index (χ3v) is 5.62. The maximum absolute atomic E-state index is 12.1. The molecule has 0 atom stereocenters. The first kappa shape index (κ1) is 18.2. The average molecular weight is 393 g/mol. The Labute approximate surface area is 160 Å².